The van der Waals surface area contributed by atoms with Crippen molar-refractivity contribution >= 4 is 5.91 Å². The first-order valence-corrected chi connectivity index (χ1v) is 9.99. The maximum absolute atomic E-state index is 13.2. The molecule has 154 valence electrons. The number of aryl methyl sites for hydroxylation is 2. The molecular formula is C24H25N3O3. The van der Waals surface area contributed by atoms with Crippen LogP contribution >= 0.6 is 0 Å². The summed E-state index contributed by atoms with van der Waals surface area (Å²) in [5.74, 6) is 0.756. The minimum atomic E-state index is -0.361. The molecule has 0 saturated carbocycles. The van der Waals surface area contributed by atoms with Crippen LogP contribution < -0.4 is 4.74 Å². The number of carbonyl (C=O) groups is 1. The number of aromatic hydroxyl groups is 1. The van der Waals surface area contributed by atoms with Crippen LogP contribution in [-0.4, -0.2) is 39.3 Å². The van der Waals surface area contributed by atoms with E-state index in [1.807, 2.05) is 51.1 Å². The molecule has 1 amide bonds. The van der Waals surface area contributed by atoms with Gasteiger partial charge in [-0.25, -0.2) is 0 Å². The number of amides is 1. The second-order valence-corrected chi connectivity index (χ2v) is 7.49. The molecule has 2 aromatic carbocycles. The highest BCUT2D eigenvalue weighted by Crippen LogP contribution is 2.45. The molecule has 4 rings (SSSR count). The van der Waals surface area contributed by atoms with E-state index in [2.05, 4.69) is 16.8 Å². The van der Waals surface area contributed by atoms with Gasteiger partial charge in [-0.3, -0.25) is 9.89 Å². The zero-order valence-corrected chi connectivity index (χ0v) is 17.4. The van der Waals surface area contributed by atoms with Crippen molar-refractivity contribution in [3.63, 3.8) is 0 Å². The maximum atomic E-state index is 13.2. The van der Waals surface area contributed by atoms with Crippen LogP contribution in [0.4, 0.5) is 0 Å². The molecule has 1 atom stereocenters. The fourth-order valence-corrected chi connectivity index (χ4v) is 4.26. The van der Waals surface area contributed by atoms with Crippen molar-refractivity contribution in [2.75, 3.05) is 13.2 Å². The lowest BCUT2D eigenvalue weighted by Crippen LogP contribution is -2.29. The number of rotatable bonds is 6. The monoisotopic (exact) mass is 403 g/mol. The number of carbonyl (C=O) groups excluding carboxylic acids is 1. The zero-order valence-electron chi connectivity index (χ0n) is 17.4. The lowest BCUT2D eigenvalue weighted by molar-refractivity contribution is 0.0764. The Labute approximate surface area is 175 Å². The highest BCUT2D eigenvalue weighted by molar-refractivity contribution is 6.00. The molecule has 0 unspecified atom stereocenters. The molecule has 0 aliphatic carbocycles. The second kappa shape index (κ2) is 7.71. The Bertz CT molecular complexity index is 1110. The summed E-state index contributed by atoms with van der Waals surface area (Å²) in [5, 5.41) is 18.1. The number of fused-ring (bicyclic) bond motifs is 1. The van der Waals surface area contributed by atoms with Crippen LogP contribution in [0.3, 0.4) is 0 Å². The van der Waals surface area contributed by atoms with E-state index >= 15 is 0 Å². The summed E-state index contributed by atoms with van der Waals surface area (Å²) >= 11 is 0. The standard InChI is InChI=1S/C24H25N3O3/c1-5-10-27-23(16-8-7-9-17(13-16)30-6-2)20-21(25-26-22(20)24(27)29)19-15(4)11-14(3)12-18(19)28/h5,7-9,11-13,23,28H,1,6,10H2,2-4H3,(H,25,26)/t23-/m0/s1. The minimum absolute atomic E-state index is 0.139. The molecule has 1 aliphatic heterocycles. The average Bonchev–Trinajstić information content (AvgIpc) is 3.22. The first-order valence-electron chi connectivity index (χ1n) is 9.99. The Morgan fingerprint density at radius 1 is 1.30 bits per heavy atom. The molecule has 1 aromatic heterocycles. The van der Waals surface area contributed by atoms with Crippen LogP contribution in [0, 0.1) is 13.8 Å². The number of ether oxygens (including phenoxy) is 1. The number of nitrogens with one attached hydrogen (secondary N) is 1. The first-order chi connectivity index (χ1) is 14.5. The van der Waals surface area contributed by atoms with Gasteiger partial charge >= 0.3 is 0 Å². The highest BCUT2D eigenvalue weighted by atomic mass is 16.5. The molecular weight excluding hydrogens is 378 g/mol. The van der Waals surface area contributed by atoms with Crippen molar-refractivity contribution in [1.29, 1.82) is 0 Å². The lowest BCUT2D eigenvalue weighted by Gasteiger charge is -2.25. The van der Waals surface area contributed by atoms with Gasteiger partial charge in [0, 0.05) is 17.7 Å². The van der Waals surface area contributed by atoms with Crippen LogP contribution in [0.1, 0.15) is 45.7 Å². The third-order valence-electron chi connectivity index (χ3n) is 5.37. The Morgan fingerprint density at radius 3 is 2.80 bits per heavy atom. The zero-order chi connectivity index (χ0) is 21.4. The van der Waals surface area contributed by atoms with E-state index in [1.165, 1.54) is 0 Å². The lowest BCUT2D eigenvalue weighted by atomic mass is 9.93. The van der Waals surface area contributed by atoms with Crippen molar-refractivity contribution in [2.24, 2.45) is 0 Å². The predicted octanol–water partition coefficient (Wildman–Crippen LogP) is 4.53. The van der Waals surface area contributed by atoms with Gasteiger partial charge in [-0.2, -0.15) is 5.10 Å². The summed E-state index contributed by atoms with van der Waals surface area (Å²) < 4.78 is 5.68. The van der Waals surface area contributed by atoms with Crippen molar-refractivity contribution in [3.8, 4) is 22.8 Å². The average molecular weight is 403 g/mol. The normalized spacial score (nSPS) is 15.4. The number of aromatic amines is 1. The molecule has 6 nitrogen and oxygen atoms in total. The van der Waals surface area contributed by atoms with Crippen molar-refractivity contribution < 1.29 is 14.6 Å². The van der Waals surface area contributed by atoms with Gasteiger partial charge < -0.3 is 14.7 Å². The summed E-state index contributed by atoms with van der Waals surface area (Å²) in [6.45, 7) is 10.6. The maximum Gasteiger partial charge on any atom is 0.273 e. The van der Waals surface area contributed by atoms with Crippen LogP contribution in [0.5, 0.6) is 11.5 Å². The number of aromatic nitrogens is 2. The predicted molar refractivity (Wildman–Crippen MR) is 116 cm³/mol. The van der Waals surface area contributed by atoms with Gasteiger partial charge in [-0.1, -0.05) is 24.3 Å². The van der Waals surface area contributed by atoms with E-state index < -0.39 is 0 Å². The molecule has 0 radical (unpaired) electrons. The third-order valence-corrected chi connectivity index (χ3v) is 5.37. The third kappa shape index (κ3) is 3.14. The van der Waals surface area contributed by atoms with Crippen LogP contribution in [0.2, 0.25) is 0 Å². The minimum Gasteiger partial charge on any atom is -0.507 e. The quantitative estimate of drug-likeness (QED) is 0.593. The van der Waals surface area contributed by atoms with Gasteiger partial charge in [0.15, 0.2) is 0 Å². The SMILES string of the molecule is C=CCN1C(=O)c2[nH]nc(-c3c(C)cc(C)cc3O)c2[C@@H]1c1cccc(OCC)c1. The molecule has 2 N–H and O–H groups in total. The summed E-state index contributed by atoms with van der Waals surface area (Å²) in [6.07, 6.45) is 1.71. The van der Waals surface area contributed by atoms with Crippen molar-refractivity contribution in [1.82, 2.24) is 15.1 Å². The molecule has 2 heterocycles. The van der Waals surface area contributed by atoms with Gasteiger partial charge in [-0.15, -0.1) is 6.58 Å². The largest absolute Gasteiger partial charge is 0.507 e. The number of nitrogens with zero attached hydrogens (tertiary/aromatic N) is 2. The molecule has 3 aromatic rings. The number of H-pyrrole nitrogens is 1. The Hall–Kier alpha value is -3.54. The van der Waals surface area contributed by atoms with Gasteiger partial charge in [-0.05, 0) is 55.7 Å². The summed E-state index contributed by atoms with van der Waals surface area (Å²) in [7, 11) is 0. The van der Waals surface area contributed by atoms with Crippen LogP contribution in [0.15, 0.2) is 49.1 Å². The van der Waals surface area contributed by atoms with E-state index in [4.69, 9.17) is 4.74 Å². The molecule has 0 spiro atoms. The van der Waals surface area contributed by atoms with E-state index in [-0.39, 0.29) is 17.7 Å². The topological polar surface area (TPSA) is 78.5 Å². The Balaban J connectivity index is 1.93. The van der Waals surface area contributed by atoms with Gasteiger partial charge in [0.25, 0.3) is 5.91 Å². The van der Waals surface area contributed by atoms with Crippen LogP contribution in [-0.2, 0) is 0 Å². The van der Waals surface area contributed by atoms with Crippen molar-refractivity contribution in [2.45, 2.75) is 26.8 Å². The smallest absolute Gasteiger partial charge is 0.273 e. The number of phenolic OH excluding ortho intramolecular Hbond substituents is 1. The number of phenols is 1. The number of hydrogen-bond donors (Lipinski definition) is 2. The molecule has 0 bridgehead atoms. The molecule has 30 heavy (non-hydrogen) atoms. The van der Waals surface area contributed by atoms with Gasteiger partial charge in [0.1, 0.15) is 22.9 Å². The summed E-state index contributed by atoms with van der Waals surface area (Å²) in [5.41, 5.74) is 5.21. The molecule has 6 heteroatoms. The van der Waals surface area contributed by atoms with E-state index in [9.17, 15) is 9.90 Å². The van der Waals surface area contributed by atoms with E-state index in [0.29, 0.717) is 30.1 Å². The Morgan fingerprint density at radius 2 is 2.10 bits per heavy atom. The molecule has 0 saturated heterocycles. The fourth-order valence-electron chi connectivity index (χ4n) is 4.26. The molecule has 1 aliphatic rings. The van der Waals surface area contributed by atoms with Crippen molar-refractivity contribution in [3.05, 3.63) is 77.0 Å². The van der Waals surface area contributed by atoms with Crippen LogP contribution in [0.25, 0.3) is 11.3 Å². The summed E-state index contributed by atoms with van der Waals surface area (Å²) in [4.78, 5) is 14.9. The second-order valence-electron chi connectivity index (χ2n) is 7.49. The van der Waals surface area contributed by atoms with E-state index in [0.717, 1.165) is 28.0 Å². The Kier molecular flexibility index (Phi) is 5.08. The van der Waals surface area contributed by atoms with Gasteiger partial charge in [0.2, 0.25) is 0 Å². The number of benzene rings is 2. The first kappa shape index (κ1) is 19.8. The van der Waals surface area contributed by atoms with E-state index in [1.54, 1.807) is 17.0 Å². The molecule has 0 fully saturated rings. The number of hydrogen-bond acceptors (Lipinski definition) is 4. The van der Waals surface area contributed by atoms with Gasteiger partial charge in [0.05, 0.1) is 12.6 Å². The summed E-state index contributed by atoms with van der Waals surface area (Å²) in [6, 6.07) is 11.1. The highest BCUT2D eigenvalue weighted by Gasteiger charge is 2.42. The fraction of sp³-hybridized carbons (Fsp3) is 0.250.